The predicted octanol–water partition coefficient (Wildman–Crippen LogP) is 3.08. The fourth-order valence-corrected chi connectivity index (χ4v) is 3.30. The van der Waals surface area contributed by atoms with E-state index in [-0.39, 0.29) is 29.5 Å². The zero-order valence-electron chi connectivity index (χ0n) is 18.6. The highest BCUT2D eigenvalue weighted by molar-refractivity contribution is 6.02. The third-order valence-corrected chi connectivity index (χ3v) is 5.15. The van der Waals surface area contributed by atoms with Gasteiger partial charge in [-0.3, -0.25) is 4.79 Å². The van der Waals surface area contributed by atoms with Gasteiger partial charge in [-0.2, -0.15) is 4.99 Å². The third kappa shape index (κ3) is 7.01. The van der Waals surface area contributed by atoms with Gasteiger partial charge in [0.15, 0.2) is 11.6 Å². The first kappa shape index (κ1) is 24.7. The number of aryl methyl sites for hydroxylation is 1. The molecule has 2 aromatic rings. The molecule has 0 aromatic heterocycles. The molecule has 178 valence electrons. The van der Waals surface area contributed by atoms with E-state index >= 15 is 0 Å². The van der Waals surface area contributed by atoms with Crippen LogP contribution >= 0.6 is 0 Å². The first-order valence-electron chi connectivity index (χ1n) is 10.8. The lowest BCUT2D eigenvalue weighted by Crippen LogP contribution is -2.49. The van der Waals surface area contributed by atoms with Crippen LogP contribution in [0.4, 0.5) is 13.2 Å². The van der Waals surface area contributed by atoms with Gasteiger partial charge in [0, 0.05) is 37.8 Å². The predicted molar refractivity (Wildman–Crippen MR) is 119 cm³/mol. The van der Waals surface area contributed by atoms with Crippen molar-refractivity contribution in [3.63, 3.8) is 0 Å². The Bertz CT molecular complexity index is 1000. The molecule has 2 atom stereocenters. The van der Waals surface area contributed by atoms with Gasteiger partial charge in [0.25, 0.3) is 5.91 Å². The van der Waals surface area contributed by atoms with Gasteiger partial charge >= 0.3 is 0 Å². The first-order valence-corrected chi connectivity index (χ1v) is 10.8. The number of nitrogens with one attached hydrogen (secondary N) is 4. The second-order valence-corrected chi connectivity index (χ2v) is 7.65. The zero-order valence-corrected chi connectivity index (χ0v) is 18.6. The number of guanidine groups is 1. The van der Waals surface area contributed by atoms with Gasteiger partial charge in [-0.25, -0.2) is 24.0 Å². The maximum atomic E-state index is 13.9. The van der Waals surface area contributed by atoms with Crippen molar-refractivity contribution < 1.29 is 22.7 Å². The van der Waals surface area contributed by atoms with E-state index in [1.807, 2.05) is 13.0 Å². The van der Waals surface area contributed by atoms with Crippen molar-refractivity contribution >= 4 is 11.9 Å². The minimum absolute atomic E-state index is 0.0742. The minimum Gasteiger partial charge on any atom is -0.382 e. The van der Waals surface area contributed by atoms with Crippen molar-refractivity contribution in [1.82, 2.24) is 21.5 Å². The maximum absolute atomic E-state index is 13.9. The standard InChI is InChI=1S/C23H28F3N5O2/c1-3-33-10-4-9-27-23(29-22(32)16-7-8-17(24)19(26)12-16)28-21-13-20(30-31-21)15-6-5-14(2)18(25)11-15/h5-8,11-12,20-21,30-31H,3-4,9-10,13H2,1-2H3,(H2,27,28,29,32). The lowest BCUT2D eigenvalue weighted by molar-refractivity contribution is 0.100. The van der Waals surface area contributed by atoms with Crippen LogP contribution in [0, 0.1) is 24.4 Å². The Balaban J connectivity index is 1.68. The Morgan fingerprint density at radius 3 is 2.67 bits per heavy atom. The second-order valence-electron chi connectivity index (χ2n) is 7.65. The average Bonchev–Trinajstić information content (AvgIpc) is 3.25. The van der Waals surface area contributed by atoms with E-state index in [0.29, 0.717) is 38.2 Å². The number of hydrogen-bond acceptors (Lipinski definition) is 4. The molecule has 1 saturated heterocycles. The van der Waals surface area contributed by atoms with Crippen LogP contribution in [-0.4, -0.2) is 37.8 Å². The summed E-state index contributed by atoms with van der Waals surface area (Å²) in [6.45, 7) is 5.22. The van der Waals surface area contributed by atoms with Gasteiger partial charge in [0.1, 0.15) is 5.82 Å². The molecule has 10 heteroatoms. The van der Waals surface area contributed by atoms with Crippen molar-refractivity contribution in [3.8, 4) is 0 Å². The van der Waals surface area contributed by atoms with Crippen LogP contribution in [0.1, 0.15) is 47.3 Å². The number of hydrogen-bond donors (Lipinski definition) is 4. The van der Waals surface area contributed by atoms with E-state index in [1.54, 1.807) is 13.0 Å². The van der Waals surface area contributed by atoms with Gasteiger partial charge < -0.3 is 15.4 Å². The van der Waals surface area contributed by atoms with Crippen molar-refractivity contribution in [2.75, 3.05) is 19.8 Å². The molecule has 1 aliphatic heterocycles. The van der Waals surface area contributed by atoms with Gasteiger partial charge in [0.05, 0.1) is 6.17 Å². The molecule has 0 radical (unpaired) electrons. The van der Waals surface area contributed by atoms with Gasteiger partial charge in [0.2, 0.25) is 5.96 Å². The largest absolute Gasteiger partial charge is 0.382 e. The molecule has 1 aliphatic rings. The summed E-state index contributed by atoms with van der Waals surface area (Å²) < 4.78 is 45.9. The summed E-state index contributed by atoms with van der Waals surface area (Å²) in [4.78, 5) is 16.5. The van der Waals surface area contributed by atoms with Crippen LogP contribution < -0.4 is 21.5 Å². The quantitative estimate of drug-likeness (QED) is 0.274. The second kappa shape index (κ2) is 11.8. The van der Waals surface area contributed by atoms with Crippen LogP contribution in [0.5, 0.6) is 0 Å². The fourth-order valence-electron chi connectivity index (χ4n) is 3.30. The molecule has 3 rings (SSSR count). The smallest absolute Gasteiger partial charge is 0.280 e. The number of aliphatic imine (C=N–C) groups is 1. The highest BCUT2D eigenvalue weighted by atomic mass is 19.2. The number of amides is 1. The lowest BCUT2D eigenvalue weighted by Gasteiger charge is -2.17. The summed E-state index contributed by atoms with van der Waals surface area (Å²) in [5.41, 5.74) is 7.44. The zero-order chi connectivity index (χ0) is 23.8. The van der Waals surface area contributed by atoms with Crippen molar-refractivity contribution in [2.24, 2.45) is 4.99 Å². The minimum atomic E-state index is -1.12. The summed E-state index contributed by atoms with van der Waals surface area (Å²) in [5, 5.41) is 6.15. The number of nitrogens with zero attached hydrogens (tertiary/aromatic N) is 1. The first-order chi connectivity index (χ1) is 15.9. The molecule has 0 saturated carbocycles. The Kier molecular flexibility index (Phi) is 8.81. The Morgan fingerprint density at radius 2 is 1.94 bits per heavy atom. The van der Waals surface area contributed by atoms with Gasteiger partial charge in [-0.15, -0.1) is 0 Å². The third-order valence-electron chi connectivity index (χ3n) is 5.15. The molecule has 0 bridgehead atoms. The van der Waals surface area contributed by atoms with E-state index < -0.39 is 17.5 Å². The molecule has 2 aromatic carbocycles. The number of halogens is 3. The number of hydrazine groups is 1. The molecule has 4 N–H and O–H groups in total. The lowest BCUT2D eigenvalue weighted by atomic mass is 10.0. The summed E-state index contributed by atoms with van der Waals surface area (Å²) in [7, 11) is 0. The highest BCUT2D eigenvalue weighted by Gasteiger charge is 2.26. The van der Waals surface area contributed by atoms with E-state index in [4.69, 9.17) is 4.74 Å². The molecule has 0 aliphatic carbocycles. The molecule has 1 fully saturated rings. The topological polar surface area (TPSA) is 86.8 Å². The van der Waals surface area contributed by atoms with Crippen LogP contribution in [-0.2, 0) is 4.74 Å². The summed E-state index contributed by atoms with van der Waals surface area (Å²) in [6.07, 6.45) is 0.895. The SMILES string of the molecule is CCOCCCN/C(=N/C(=O)c1ccc(F)c(F)c1)NC1CC(c2ccc(C)c(F)c2)NN1. The Morgan fingerprint density at radius 1 is 1.12 bits per heavy atom. The number of rotatable bonds is 8. The Hall–Kier alpha value is -2.95. The monoisotopic (exact) mass is 463 g/mol. The van der Waals surface area contributed by atoms with Gasteiger partial charge in [-0.1, -0.05) is 12.1 Å². The summed E-state index contributed by atoms with van der Waals surface area (Å²) >= 11 is 0. The van der Waals surface area contributed by atoms with Crippen LogP contribution in [0.15, 0.2) is 41.4 Å². The summed E-state index contributed by atoms with van der Waals surface area (Å²) in [6, 6.07) is 7.78. The van der Waals surface area contributed by atoms with E-state index in [1.165, 1.54) is 12.1 Å². The van der Waals surface area contributed by atoms with Crippen LogP contribution in [0.2, 0.25) is 0 Å². The Labute approximate surface area is 190 Å². The number of carbonyl (C=O) groups excluding carboxylic acids is 1. The van der Waals surface area contributed by atoms with Crippen LogP contribution in [0.3, 0.4) is 0 Å². The van der Waals surface area contributed by atoms with Gasteiger partial charge in [-0.05, 0) is 55.7 Å². The number of benzene rings is 2. The molecule has 0 spiro atoms. The molecule has 1 amide bonds. The highest BCUT2D eigenvalue weighted by Crippen LogP contribution is 2.23. The van der Waals surface area contributed by atoms with E-state index in [0.717, 1.165) is 17.7 Å². The molecular weight excluding hydrogens is 435 g/mol. The van der Waals surface area contributed by atoms with E-state index in [2.05, 4.69) is 26.5 Å². The molecule has 33 heavy (non-hydrogen) atoms. The van der Waals surface area contributed by atoms with Crippen LogP contribution in [0.25, 0.3) is 0 Å². The molecule has 7 nitrogen and oxygen atoms in total. The summed E-state index contributed by atoms with van der Waals surface area (Å²) in [5.74, 6) is -2.98. The van der Waals surface area contributed by atoms with Crippen molar-refractivity contribution in [1.29, 1.82) is 0 Å². The average molecular weight is 464 g/mol. The molecule has 2 unspecified atom stereocenters. The fraction of sp³-hybridized carbons (Fsp3) is 0.391. The maximum Gasteiger partial charge on any atom is 0.280 e. The van der Waals surface area contributed by atoms with E-state index in [9.17, 15) is 18.0 Å². The van der Waals surface area contributed by atoms with Crippen molar-refractivity contribution in [3.05, 3.63) is 70.5 Å². The normalized spacial score (nSPS) is 18.4. The van der Waals surface area contributed by atoms with Crippen molar-refractivity contribution in [2.45, 2.75) is 38.9 Å². The molecule has 1 heterocycles. The molecular formula is C23H28F3N5O2. The number of carbonyl (C=O) groups is 1. The number of ether oxygens (including phenoxy) is 1.